The van der Waals surface area contributed by atoms with E-state index in [2.05, 4.69) is 25.9 Å². The third kappa shape index (κ3) is 5.30. The number of nitrogens with zero attached hydrogens (tertiary/aromatic N) is 1. The highest BCUT2D eigenvalue weighted by molar-refractivity contribution is 6.31. The maximum absolute atomic E-state index is 13.5. The number of carbonyl (C=O) groups is 3. The number of benzene rings is 3. The largest absolute Gasteiger partial charge is 0.417 e. The van der Waals surface area contributed by atoms with Gasteiger partial charge in [-0.05, 0) is 55.3 Å². The van der Waals surface area contributed by atoms with E-state index in [9.17, 15) is 27.6 Å². The SMILES string of the molecule is Cc1c(Cl)cccc1NC(=O)c1cc(NC(=O)c2ccccc2C(F)(F)F)cc2[nH]c([C@@H]3CCC(=O)N3)nc12. The van der Waals surface area contributed by atoms with Gasteiger partial charge < -0.3 is 20.9 Å². The predicted octanol–water partition coefficient (Wildman–Crippen LogP) is 6.00. The zero-order chi connectivity index (χ0) is 27.9. The molecule has 8 nitrogen and oxygen atoms in total. The molecule has 1 saturated heterocycles. The molecule has 3 aromatic carbocycles. The molecule has 200 valence electrons. The number of alkyl halides is 3. The van der Waals surface area contributed by atoms with E-state index in [1.165, 1.54) is 24.3 Å². The molecule has 4 aromatic rings. The lowest BCUT2D eigenvalue weighted by Crippen LogP contribution is -2.19. The zero-order valence-corrected chi connectivity index (χ0v) is 21.1. The molecular formula is C27H21ClF3N5O3. The molecule has 1 aliphatic rings. The minimum Gasteiger partial charge on any atom is -0.346 e. The van der Waals surface area contributed by atoms with Crippen LogP contribution in [-0.4, -0.2) is 27.7 Å². The van der Waals surface area contributed by atoms with Gasteiger partial charge in [-0.1, -0.05) is 29.8 Å². The summed E-state index contributed by atoms with van der Waals surface area (Å²) < 4.78 is 40.5. The van der Waals surface area contributed by atoms with Crippen LogP contribution in [-0.2, 0) is 11.0 Å². The van der Waals surface area contributed by atoms with Gasteiger partial charge in [-0.2, -0.15) is 13.2 Å². The number of hydrogen-bond donors (Lipinski definition) is 4. The van der Waals surface area contributed by atoms with Crippen LogP contribution in [0.2, 0.25) is 5.02 Å². The Bertz CT molecular complexity index is 1630. The molecule has 5 rings (SSSR count). The molecule has 1 aromatic heterocycles. The molecule has 1 fully saturated rings. The first-order valence-electron chi connectivity index (χ1n) is 11.9. The highest BCUT2D eigenvalue weighted by atomic mass is 35.5. The number of hydrogen-bond acceptors (Lipinski definition) is 4. The van der Waals surface area contributed by atoms with Gasteiger partial charge in [-0.15, -0.1) is 0 Å². The first kappa shape index (κ1) is 26.2. The molecule has 39 heavy (non-hydrogen) atoms. The second-order valence-corrected chi connectivity index (χ2v) is 9.47. The average molecular weight is 556 g/mol. The average Bonchev–Trinajstić information content (AvgIpc) is 3.52. The van der Waals surface area contributed by atoms with Crippen LogP contribution in [0.15, 0.2) is 54.6 Å². The Morgan fingerprint density at radius 1 is 1.03 bits per heavy atom. The molecule has 0 spiro atoms. The smallest absolute Gasteiger partial charge is 0.346 e. The number of fused-ring (bicyclic) bond motifs is 1. The second-order valence-electron chi connectivity index (χ2n) is 9.06. The van der Waals surface area contributed by atoms with E-state index in [0.29, 0.717) is 40.5 Å². The standard InChI is InChI=1S/C27H21ClF3N5O3/c1-13-18(28)7-4-8-19(13)35-26(39)16-11-14(32-25(38)15-5-2-3-6-17(15)27(29,30)31)12-21-23(16)36-24(34-21)20-9-10-22(37)33-20/h2-8,11-12,20H,9-10H2,1H3,(H,32,38)(H,33,37)(H,34,36)(H,35,39)/t20-/m0/s1. The molecule has 0 aliphatic carbocycles. The quantitative estimate of drug-likeness (QED) is 0.242. The molecule has 0 radical (unpaired) electrons. The number of rotatable bonds is 5. The topological polar surface area (TPSA) is 116 Å². The molecule has 1 aliphatic heterocycles. The summed E-state index contributed by atoms with van der Waals surface area (Å²) in [4.78, 5) is 45.7. The monoisotopic (exact) mass is 555 g/mol. The summed E-state index contributed by atoms with van der Waals surface area (Å²) in [7, 11) is 0. The molecule has 0 bridgehead atoms. The van der Waals surface area contributed by atoms with Gasteiger partial charge in [0.25, 0.3) is 11.8 Å². The predicted molar refractivity (Wildman–Crippen MR) is 140 cm³/mol. The van der Waals surface area contributed by atoms with Crippen molar-refractivity contribution < 1.29 is 27.6 Å². The van der Waals surface area contributed by atoms with Crippen LogP contribution < -0.4 is 16.0 Å². The lowest BCUT2D eigenvalue weighted by Gasteiger charge is -2.14. The van der Waals surface area contributed by atoms with Crippen molar-refractivity contribution in [2.75, 3.05) is 10.6 Å². The Morgan fingerprint density at radius 3 is 2.49 bits per heavy atom. The lowest BCUT2D eigenvalue weighted by molar-refractivity contribution is -0.137. The summed E-state index contributed by atoms with van der Waals surface area (Å²) >= 11 is 6.18. The fraction of sp³-hybridized carbons (Fsp3) is 0.185. The van der Waals surface area contributed by atoms with Crippen molar-refractivity contribution in [1.82, 2.24) is 15.3 Å². The first-order chi connectivity index (χ1) is 18.5. The summed E-state index contributed by atoms with van der Waals surface area (Å²) in [5.74, 6) is -1.30. The summed E-state index contributed by atoms with van der Waals surface area (Å²) in [5, 5.41) is 8.49. The molecular weight excluding hydrogens is 535 g/mol. The lowest BCUT2D eigenvalue weighted by atomic mass is 10.1. The minimum atomic E-state index is -4.73. The van der Waals surface area contributed by atoms with Crippen molar-refractivity contribution in [2.24, 2.45) is 0 Å². The third-order valence-corrected chi connectivity index (χ3v) is 6.84. The van der Waals surface area contributed by atoms with Gasteiger partial charge in [-0.25, -0.2) is 4.98 Å². The number of H-pyrrole nitrogens is 1. The summed E-state index contributed by atoms with van der Waals surface area (Å²) in [6.07, 6.45) is -3.91. The normalized spacial score (nSPS) is 15.3. The molecule has 4 N–H and O–H groups in total. The van der Waals surface area contributed by atoms with Crippen molar-refractivity contribution in [3.63, 3.8) is 0 Å². The molecule has 1 atom stereocenters. The Labute approximate surface area is 225 Å². The number of amides is 3. The fourth-order valence-corrected chi connectivity index (χ4v) is 4.60. The number of aromatic amines is 1. The van der Waals surface area contributed by atoms with Gasteiger partial charge in [0.05, 0.1) is 28.2 Å². The molecule has 2 heterocycles. The van der Waals surface area contributed by atoms with Gasteiger partial charge >= 0.3 is 6.18 Å². The van der Waals surface area contributed by atoms with Crippen molar-refractivity contribution >= 4 is 51.7 Å². The van der Waals surface area contributed by atoms with E-state index in [0.717, 1.165) is 12.1 Å². The minimum absolute atomic E-state index is 0.0538. The second kappa shape index (κ2) is 10.1. The van der Waals surface area contributed by atoms with Gasteiger partial charge in [0.2, 0.25) is 5.91 Å². The van der Waals surface area contributed by atoms with Gasteiger partial charge in [-0.3, -0.25) is 14.4 Å². The fourth-order valence-electron chi connectivity index (χ4n) is 4.43. The Balaban J connectivity index is 1.55. The van der Waals surface area contributed by atoms with Crippen LogP contribution >= 0.6 is 11.6 Å². The highest BCUT2D eigenvalue weighted by Gasteiger charge is 2.35. The highest BCUT2D eigenvalue weighted by Crippen LogP contribution is 2.33. The summed E-state index contributed by atoms with van der Waals surface area (Å²) in [6, 6.07) is 11.8. The van der Waals surface area contributed by atoms with Crippen molar-refractivity contribution in [3.05, 3.63) is 87.7 Å². The van der Waals surface area contributed by atoms with Gasteiger partial charge in [0, 0.05) is 22.8 Å². The maximum atomic E-state index is 13.5. The molecule has 0 unspecified atom stereocenters. The van der Waals surface area contributed by atoms with E-state index >= 15 is 0 Å². The molecule has 3 amide bonds. The van der Waals surface area contributed by atoms with E-state index in [1.807, 2.05) is 0 Å². The third-order valence-electron chi connectivity index (χ3n) is 6.43. The number of imidazole rings is 1. The van der Waals surface area contributed by atoms with Crippen LogP contribution in [0.1, 0.15) is 56.6 Å². The Morgan fingerprint density at radius 2 is 1.77 bits per heavy atom. The Kier molecular flexibility index (Phi) is 6.77. The van der Waals surface area contributed by atoms with E-state index in [-0.39, 0.29) is 22.7 Å². The molecule has 0 saturated carbocycles. The maximum Gasteiger partial charge on any atom is 0.417 e. The number of nitrogens with one attached hydrogen (secondary N) is 4. The van der Waals surface area contributed by atoms with E-state index in [1.54, 1.807) is 25.1 Å². The number of halogens is 4. The van der Waals surface area contributed by atoms with Gasteiger partial charge in [0.1, 0.15) is 11.3 Å². The first-order valence-corrected chi connectivity index (χ1v) is 12.3. The number of anilines is 2. The number of aromatic nitrogens is 2. The van der Waals surface area contributed by atoms with Crippen LogP contribution in [0.4, 0.5) is 24.5 Å². The van der Waals surface area contributed by atoms with Crippen molar-refractivity contribution in [3.8, 4) is 0 Å². The van der Waals surface area contributed by atoms with E-state index in [4.69, 9.17) is 11.6 Å². The van der Waals surface area contributed by atoms with Crippen LogP contribution in [0.25, 0.3) is 11.0 Å². The van der Waals surface area contributed by atoms with Crippen LogP contribution in [0.5, 0.6) is 0 Å². The zero-order valence-electron chi connectivity index (χ0n) is 20.4. The van der Waals surface area contributed by atoms with Crippen LogP contribution in [0, 0.1) is 6.92 Å². The van der Waals surface area contributed by atoms with Gasteiger partial charge in [0.15, 0.2) is 0 Å². The van der Waals surface area contributed by atoms with Crippen molar-refractivity contribution in [1.29, 1.82) is 0 Å². The molecule has 12 heteroatoms. The summed E-state index contributed by atoms with van der Waals surface area (Å²) in [6.45, 7) is 1.73. The van der Waals surface area contributed by atoms with E-state index < -0.39 is 35.2 Å². The summed E-state index contributed by atoms with van der Waals surface area (Å²) in [5.41, 5.74) is 0.170. The Hall–Kier alpha value is -4.38. The van der Waals surface area contributed by atoms with Crippen molar-refractivity contribution in [2.45, 2.75) is 32.0 Å². The number of carbonyl (C=O) groups excluding carboxylic acids is 3. The van der Waals surface area contributed by atoms with Crippen LogP contribution in [0.3, 0.4) is 0 Å².